The minimum Gasteiger partial charge on any atom is -0.382 e. The van der Waals surface area contributed by atoms with Gasteiger partial charge in [-0.3, -0.25) is 4.79 Å². The zero-order chi connectivity index (χ0) is 13.9. The van der Waals surface area contributed by atoms with E-state index in [9.17, 15) is 4.79 Å². The summed E-state index contributed by atoms with van der Waals surface area (Å²) in [4.78, 5) is 11.8. The van der Waals surface area contributed by atoms with Gasteiger partial charge in [0.05, 0.1) is 13.2 Å². The number of hydrogen-bond acceptors (Lipinski definition) is 3. The van der Waals surface area contributed by atoms with Crippen molar-refractivity contribution >= 4 is 28.5 Å². The second-order valence-electron chi connectivity index (χ2n) is 4.08. The van der Waals surface area contributed by atoms with Gasteiger partial charge in [0, 0.05) is 29.4 Å². The zero-order valence-corrected chi connectivity index (χ0v) is 13.3. The standard InChI is InChI=1S/C14H20INO3/c1-18-10-11-19-9-3-2-8-16-14(17)12-4-6-13(15)7-5-12/h4-7H,2-3,8-11H2,1H3,(H,16,17). The highest BCUT2D eigenvalue weighted by Crippen LogP contribution is 2.06. The minimum atomic E-state index is -0.0169. The molecule has 0 aromatic heterocycles. The quantitative estimate of drug-likeness (QED) is 0.531. The van der Waals surface area contributed by atoms with Gasteiger partial charge in [-0.1, -0.05) is 0 Å². The molecule has 0 heterocycles. The molecule has 0 fully saturated rings. The van der Waals surface area contributed by atoms with Gasteiger partial charge in [-0.15, -0.1) is 0 Å². The fraction of sp³-hybridized carbons (Fsp3) is 0.500. The van der Waals surface area contributed by atoms with Gasteiger partial charge < -0.3 is 14.8 Å². The van der Waals surface area contributed by atoms with Crippen LogP contribution in [0.4, 0.5) is 0 Å². The van der Waals surface area contributed by atoms with Crippen molar-refractivity contribution in [3.8, 4) is 0 Å². The normalized spacial score (nSPS) is 10.4. The number of halogens is 1. The maximum absolute atomic E-state index is 11.8. The molecule has 0 aliphatic heterocycles. The van der Waals surface area contributed by atoms with E-state index in [1.54, 1.807) is 7.11 Å². The SMILES string of the molecule is COCCOCCCCNC(=O)c1ccc(I)cc1. The van der Waals surface area contributed by atoms with Gasteiger partial charge in [-0.25, -0.2) is 0 Å². The van der Waals surface area contributed by atoms with Crippen LogP contribution in [0, 0.1) is 3.57 Å². The topological polar surface area (TPSA) is 47.6 Å². The van der Waals surface area contributed by atoms with E-state index in [1.807, 2.05) is 24.3 Å². The van der Waals surface area contributed by atoms with Crippen LogP contribution in [0.15, 0.2) is 24.3 Å². The summed E-state index contributed by atoms with van der Waals surface area (Å²) < 4.78 is 11.3. The highest BCUT2D eigenvalue weighted by atomic mass is 127. The summed E-state index contributed by atoms with van der Waals surface area (Å²) >= 11 is 2.22. The average Bonchev–Trinajstić information content (AvgIpc) is 2.42. The third-order valence-electron chi connectivity index (χ3n) is 2.54. The summed E-state index contributed by atoms with van der Waals surface area (Å²) in [5.74, 6) is -0.0169. The van der Waals surface area contributed by atoms with Crippen molar-refractivity contribution in [3.05, 3.63) is 33.4 Å². The number of ether oxygens (including phenoxy) is 2. The van der Waals surface area contributed by atoms with Gasteiger partial charge in [0.25, 0.3) is 5.91 Å². The summed E-state index contributed by atoms with van der Waals surface area (Å²) in [5, 5.41) is 2.90. The molecule has 5 heteroatoms. The van der Waals surface area contributed by atoms with Gasteiger partial charge in [0.1, 0.15) is 0 Å². The van der Waals surface area contributed by atoms with Gasteiger partial charge >= 0.3 is 0 Å². The highest BCUT2D eigenvalue weighted by molar-refractivity contribution is 14.1. The lowest BCUT2D eigenvalue weighted by atomic mass is 10.2. The lowest BCUT2D eigenvalue weighted by Gasteiger charge is -2.06. The van der Waals surface area contributed by atoms with E-state index in [0.717, 1.165) is 16.4 Å². The molecule has 1 aromatic carbocycles. The molecular weight excluding hydrogens is 357 g/mol. The zero-order valence-electron chi connectivity index (χ0n) is 11.2. The van der Waals surface area contributed by atoms with Gasteiger partial charge in [0.15, 0.2) is 0 Å². The minimum absolute atomic E-state index is 0.0169. The molecule has 0 unspecified atom stereocenters. The van der Waals surface area contributed by atoms with Gasteiger partial charge in [0.2, 0.25) is 0 Å². The Morgan fingerprint density at radius 1 is 1.16 bits per heavy atom. The number of rotatable bonds is 9. The first-order valence-corrected chi connectivity index (χ1v) is 7.42. The molecule has 4 nitrogen and oxygen atoms in total. The Labute approximate surface area is 128 Å². The van der Waals surface area contributed by atoms with Gasteiger partial charge in [-0.2, -0.15) is 0 Å². The molecule has 19 heavy (non-hydrogen) atoms. The molecule has 1 amide bonds. The molecule has 0 aliphatic carbocycles. The molecule has 0 radical (unpaired) electrons. The van der Waals surface area contributed by atoms with E-state index in [1.165, 1.54) is 0 Å². The van der Waals surface area contributed by atoms with E-state index in [0.29, 0.717) is 31.9 Å². The fourth-order valence-corrected chi connectivity index (χ4v) is 1.84. The first-order chi connectivity index (χ1) is 9.24. The molecule has 106 valence electrons. The summed E-state index contributed by atoms with van der Waals surface area (Å²) in [5.41, 5.74) is 0.705. The number of methoxy groups -OCH3 is 1. The molecule has 1 N–H and O–H groups in total. The summed E-state index contributed by atoms with van der Waals surface area (Å²) in [6, 6.07) is 7.54. The van der Waals surface area contributed by atoms with Crippen LogP contribution in [0.1, 0.15) is 23.2 Å². The first kappa shape index (κ1) is 16.4. The van der Waals surface area contributed by atoms with Crippen LogP contribution in [0.25, 0.3) is 0 Å². The summed E-state index contributed by atoms with van der Waals surface area (Å²) in [6.45, 7) is 2.65. The summed E-state index contributed by atoms with van der Waals surface area (Å²) in [6.07, 6.45) is 1.86. The Morgan fingerprint density at radius 3 is 2.58 bits per heavy atom. The fourth-order valence-electron chi connectivity index (χ4n) is 1.48. The van der Waals surface area contributed by atoms with Crippen molar-refractivity contribution in [1.29, 1.82) is 0 Å². The van der Waals surface area contributed by atoms with Crippen molar-refractivity contribution in [2.75, 3.05) is 33.5 Å². The average molecular weight is 377 g/mol. The number of nitrogens with one attached hydrogen (secondary N) is 1. The molecular formula is C14H20INO3. The van der Waals surface area contributed by atoms with E-state index in [4.69, 9.17) is 9.47 Å². The highest BCUT2D eigenvalue weighted by Gasteiger charge is 2.03. The van der Waals surface area contributed by atoms with Crippen molar-refractivity contribution < 1.29 is 14.3 Å². The molecule has 0 saturated heterocycles. The van der Waals surface area contributed by atoms with Crippen molar-refractivity contribution in [1.82, 2.24) is 5.32 Å². The Kier molecular flexibility index (Phi) is 8.77. The van der Waals surface area contributed by atoms with E-state index < -0.39 is 0 Å². The Bertz CT molecular complexity index is 367. The van der Waals surface area contributed by atoms with Crippen LogP contribution < -0.4 is 5.32 Å². The largest absolute Gasteiger partial charge is 0.382 e. The van der Waals surface area contributed by atoms with Crippen molar-refractivity contribution in [3.63, 3.8) is 0 Å². The third kappa shape index (κ3) is 7.49. The van der Waals surface area contributed by atoms with Gasteiger partial charge in [-0.05, 0) is 59.7 Å². The number of carbonyl (C=O) groups excluding carboxylic acids is 1. The van der Waals surface area contributed by atoms with Crippen LogP contribution in [-0.2, 0) is 9.47 Å². The first-order valence-electron chi connectivity index (χ1n) is 6.34. The van der Waals surface area contributed by atoms with Crippen LogP contribution >= 0.6 is 22.6 Å². The molecule has 0 bridgehead atoms. The van der Waals surface area contributed by atoms with E-state index in [2.05, 4.69) is 27.9 Å². The van der Waals surface area contributed by atoms with Crippen LogP contribution in [0.3, 0.4) is 0 Å². The number of benzene rings is 1. The Morgan fingerprint density at radius 2 is 1.89 bits per heavy atom. The molecule has 1 aromatic rings. The van der Waals surface area contributed by atoms with Crippen molar-refractivity contribution in [2.24, 2.45) is 0 Å². The molecule has 0 spiro atoms. The smallest absolute Gasteiger partial charge is 0.251 e. The molecule has 0 saturated carbocycles. The van der Waals surface area contributed by atoms with E-state index >= 15 is 0 Å². The van der Waals surface area contributed by atoms with Crippen molar-refractivity contribution in [2.45, 2.75) is 12.8 Å². The second kappa shape index (κ2) is 10.2. The predicted octanol–water partition coefficient (Wildman–Crippen LogP) is 2.46. The van der Waals surface area contributed by atoms with E-state index in [-0.39, 0.29) is 5.91 Å². The molecule has 0 atom stereocenters. The maximum atomic E-state index is 11.8. The van der Waals surface area contributed by atoms with Crippen LogP contribution in [0.5, 0.6) is 0 Å². The lowest BCUT2D eigenvalue weighted by Crippen LogP contribution is -2.24. The summed E-state index contributed by atoms with van der Waals surface area (Å²) in [7, 11) is 1.66. The predicted molar refractivity (Wildman–Crippen MR) is 83.4 cm³/mol. The Hall–Kier alpha value is -0.660. The lowest BCUT2D eigenvalue weighted by molar-refractivity contribution is 0.0686. The molecule has 1 rings (SSSR count). The number of unbranched alkanes of at least 4 members (excludes halogenated alkanes) is 1. The number of amides is 1. The van der Waals surface area contributed by atoms with Crippen LogP contribution in [-0.4, -0.2) is 39.4 Å². The second-order valence-corrected chi connectivity index (χ2v) is 5.32. The third-order valence-corrected chi connectivity index (χ3v) is 3.26. The van der Waals surface area contributed by atoms with Crippen LogP contribution in [0.2, 0.25) is 0 Å². The maximum Gasteiger partial charge on any atom is 0.251 e. The Balaban J connectivity index is 2.06. The number of hydrogen-bond donors (Lipinski definition) is 1. The number of carbonyl (C=O) groups is 1. The molecule has 0 aliphatic rings. The monoisotopic (exact) mass is 377 g/mol.